The second kappa shape index (κ2) is 20.8. The molecule has 0 N–H and O–H groups in total. The lowest BCUT2D eigenvalue weighted by Gasteiger charge is -2.35. The van der Waals surface area contributed by atoms with Crippen LogP contribution in [0, 0.1) is 0 Å². The van der Waals surface area contributed by atoms with Gasteiger partial charge in [-0.1, -0.05) is 178 Å². The monoisotopic (exact) mass is 686 g/mol. The molecule has 4 heteroatoms. The number of para-hydroxylation sites is 2. The molecular weight excluding hydrogens is 625 g/mol. The average Bonchev–Trinajstić information content (AvgIpc) is 3.16. The third-order valence-electron chi connectivity index (χ3n) is 10.8. The molecular formula is C47H62N2O2. The van der Waals surface area contributed by atoms with Crippen molar-refractivity contribution in [1.82, 2.24) is 4.90 Å². The molecule has 0 fully saturated rings. The van der Waals surface area contributed by atoms with E-state index in [1.807, 2.05) is 54.6 Å². The highest BCUT2D eigenvalue weighted by molar-refractivity contribution is 6.27. The third kappa shape index (κ3) is 10.3. The van der Waals surface area contributed by atoms with E-state index in [1.165, 1.54) is 103 Å². The van der Waals surface area contributed by atoms with Gasteiger partial charge in [-0.3, -0.25) is 14.5 Å². The Morgan fingerprint density at radius 1 is 0.471 bits per heavy atom. The van der Waals surface area contributed by atoms with E-state index in [0.29, 0.717) is 11.1 Å². The van der Waals surface area contributed by atoms with E-state index in [0.717, 1.165) is 53.5 Å². The van der Waals surface area contributed by atoms with E-state index in [9.17, 15) is 9.59 Å². The fraction of sp³-hybridized carbons (Fsp3) is 0.489. The molecule has 4 aromatic rings. The molecule has 0 aliphatic carbocycles. The standard InChI is InChI=1S/C47H62N2O2/c1-3-5-7-9-11-13-15-17-21-32-40(33-22-18-16-14-12-10-8-6-4-2)49-46(50)42-35-27-34-41-44(37-36-43(45(41)42)47(49)51)48(38-28-23-19-24-29-38)39-30-25-20-26-31-39/h19-20,23-31,34-37,40H,3-18,21-22,32-33H2,1-2H3. The van der Waals surface area contributed by atoms with Crippen molar-refractivity contribution in [3.63, 3.8) is 0 Å². The van der Waals surface area contributed by atoms with Crippen molar-refractivity contribution in [3.8, 4) is 0 Å². The first-order valence-electron chi connectivity index (χ1n) is 20.5. The summed E-state index contributed by atoms with van der Waals surface area (Å²) in [7, 11) is 0. The highest BCUT2D eigenvalue weighted by Crippen LogP contribution is 2.42. The number of rotatable bonds is 24. The van der Waals surface area contributed by atoms with Gasteiger partial charge in [-0.25, -0.2) is 0 Å². The number of amides is 2. The van der Waals surface area contributed by atoms with Crippen LogP contribution in [0.25, 0.3) is 10.8 Å². The summed E-state index contributed by atoms with van der Waals surface area (Å²) in [5, 5.41) is 1.71. The summed E-state index contributed by atoms with van der Waals surface area (Å²) >= 11 is 0. The minimum atomic E-state index is -0.127. The molecule has 51 heavy (non-hydrogen) atoms. The van der Waals surface area contributed by atoms with Crippen molar-refractivity contribution in [3.05, 3.63) is 102 Å². The molecule has 0 atom stereocenters. The molecule has 2 amide bonds. The first-order valence-corrected chi connectivity index (χ1v) is 20.5. The Morgan fingerprint density at radius 3 is 1.37 bits per heavy atom. The predicted octanol–water partition coefficient (Wildman–Crippen LogP) is 14.1. The molecule has 0 unspecified atom stereocenters. The molecule has 1 aliphatic heterocycles. The lowest BCUT2D eigenvalue weighted by atomic mass is 9.90. The Balaban J connectivity index is 1.35. The second-order valence-corrected chi connectivity index (χ2v) is 14.7. The Bertz CT molecular complexity index is 1550. The van der Waals surface area contributed by atoms with Crippen LogP contribution in [0.4, 0.5) is 17.1 Å². The lowest BCUT2D eigenvalue weighted by Crippen LogP contribution is -2.47. The van der Waals surface area contributed by atoms with E-state index in [1.54, 1.807) is 4.90 Å². The largest absolute Gasteiger partial charge is 0.310 e. The van der Waals surface area contributed by atoms with Gasteiger partial charge in [-0.15, -0.1) is 0 Å². The highest BCUT2D eigenvalue weighted by atomic mass is 16.2. The summed E-state index contributed by atoms with van der Waals surface area (Å²) in [4.78, 5) is 32.9. The molecule has 4 aromatic carbocycles. The first-order chi connectivity index (χ1) is 25.2. The van der Waals surface area contributed by atoms with Crippen molar-refractivity contribution in [2.45, 2.75) is 148 Å². The molecule has 0 radical (unpaired) electrons. The van der Waals surface area contributed by atoms with Crippen molar-refractivity contribution >= 4 is 39.6 Å². The number of hydrogen-bond donors (Lipinski definition) is 0. The van der Waals surface area contributed by atoms with Gasteiger partial charge in [0.05, 0.1) is 5.69 Å². The Kier molecular flexibility index (Phi) is 15.6. The number of benzene rings is 4. The van der Waals surface area contributed by atoms with E-state index < -0.39 is 0 Å². The number of unbranched alkanes of at least 4 members (excludes halogenated alkanes) is 16. The van der Waals surface area contributed by atoms with E-state index in [-0.39, 0.29) is 17.9 Å². The van der Waals surface area contributed by atoms with Crippen LogP contribution in [0.3, 0.4) is 0 Å². The van der Waals surface area contributed by atoms with Gasteiger partial charge in [-0.2, -0.15) is 0 Å². The molecule has 1 heterocycles. The zero-order valence-electron chi connectivity index (χ0n) is 31.6. The predicted molar refractivity (Wildman–Crippen MR) is 217 cm³/mol. The third-order valence-corrected chi connectivity index (χ3v) is 10.8. The topological polar surface area (TPSA) is 40.6 Å². The highest BCUT2D eigenvalue weighted by Gasteiger charge is 2.37. The number of hydrogen-bond acceptors (Lipinski definition) is 3. The smallest absolute Gasteiger partial charge is 0.261 e. The molecule has 0 saturated heterocycles. The van der Waals surface area contributed by atoms with Gasteiger partial charge in [0.15, 0.2) is 0 Å². The SMILES string of the molecule is CCCCCCCCCCCC(CCCCCCCCCCC)N1C(=O)c2cccc3c(N(c4ccccc4)c4ccccc4)ccc(c23)C1=O. The fourth-order valence-electron chi connectivity index (χ4n) is 7.99. The number of anilines is 3. The summed E-state index contributed by atoms with van der Waals surface area (Å²) in [6.45, 7) is 4.54. The van der Waals surface area contributed by atoms with Crippen molar-refractivity contribution in [2.75, 3.05) is 4.90 Å². The first kappa shape index (κ1) is 38.3. The van der Waals surface area contributed by atoms with Gasteiger partial charge in [0.2, 0.25) is 0 Å². The summed E-state index contributed by atoms with van der Waals surface area (Å²) < 4.78 is 0. The average molecular weight is 687 g/mol. The number of imide groups is 1. The molecule has 0 saturated carbocycles. The molecule has 1 aliphatic rings. The van der Waals surface area contributed by atoms with Crippen LogP contribution in [-0.2, 0) is 0 Å². The van der Waals surface area contributed by atoms with Crippen molar-refractivity contribution in [2.24, 2.45) is 0 Å². The van der Waals surface area contributed by atoms with Gasteiger partial charge in [0, 0.05) is 39.3 Å². The summed E-state index contributed by atoms with van der Waals surface area (Å²) in [6.07, 6.45) is 24.6. The van der Waals surface area contributed by atoms with Gasteiger partial charge in [0.1, 0.15) is 0 Å². The zero-order chi connectivity index (χ0) is 35.7. The summed E-state index contributed by atoms with van der Waals surface area (Å²) in [5.74, 6) is -0.254. The van der Waals surface area contributed by atoms with Gasteiger partial charge in [0.25, 0.3) is 11.8 Å². The molecule has 0 bridgehead atoms. The minimum absolute atomic E-state index is 0.0627. The minimum Gasteiger partial charge on any atom is -0.310 e. The van der Waals surface area contributed by atoms with Crippen LogP contribution in [0.2, 0.25) is 0 Å². The van der Waals surface area contributed by atoms with Crippen LogP contribution in [0.15, 0.2) is 91.0 Å². The zero-order valence-corrected chi connectivity index (χ0v) is 31.6. The molecule has 0 aromatic heterocycles. The number of carbonyl (C=O) groups excluding carboxylic acids is 2. The van der Waals surface area contributed by atoms with Crippen molar-refractivity contribution < 1.29 is 9.59 Å². The number of carbonyl (C=O) groups is 2. The Morgan fingerprint density at radius 2 is 0.902 bits per heavy atom. The van der Waals surface area contributed by atoms with E-state index in [2.05, 4.69) is 55.1 Å². The molecule has 4 nitrogen and oxygen atoms in total. The fourth-order valence-corrected chi connectivity index (χ4v) is 7.99. The molecule has 272 valence electrons. The molecule has 0 spiro atoms. The Hall–Kier alpha value is -3.92. The lowest BCUT2D eigenvalue weighted by molar-refractivity contribution is 0.0517. The second-order valence-electron chi connectivity index (χ2n) is 14.7. The van der Waals surface area contributed by atoms with Crippen LogP contribution in [-0.4, -0.2) is 22.8 Å². The van der Waals surface area contributed by atoms with Crippen molar-refractivity contribution in [1.29, 1.82) is 0 Å². The van der Waals surface area contributed by atoms with Crippen LogP contribution < -0.4 is 4.90 Å². The maximum atomic E-state index is 14.5. The van der Waals surface area contributed by atoms with Gasteiger partial charge in [-0.05, 0) is 55.3 Å². The van der Waals surface area contributed by atoms with E-state index in [4.69, 9.17) is 0 Å². The summed E-state index contributed by atoms with van der Waals surface area (Å²) in [6, 6.07) is 30.6. The van der Waals surface area contributed by atoms with Crippen LogP contribution in [0.1, 0.15) is 163 Å². The van der Waals surface area contributed by atoms with Crippen LogP contribution >= 0.6 is 0 Å². The quantitative estimate of drug-likeness (QED) is 0.0544. The Labute approximate surface area is 308 Å². The van der Waals surface area contributed by atoms with E-state index >= 15 is 0 Å². The summed E-state index contributed by atoms with van der Waals surface area (Å²) in [5.41, 5.74) is 4.31. The maximum absolute atomic E-state index is 14.5. The maximum Gasteiger partial charge on any atom is 0.261 e. The van der Waals surface area contributed by atoms with Gasteiger partial charge < -0.3 is 4.90 Å². The normalized spacial score (nSPS) is 12.7. The number of nitrogens with zero attached hydrogens (tertiary/aromatic N) is 2. The van der Waals surface area contributed by atoms with Gasteiger partial charge >= 0.3 is 0 Å². The molecule has 5 rings (SSSR count). The van der Waals surface area contributed by atoms with Crippen LogP contribution in [0.5, 0.6) is 0 Å².